The highest BCUT2D eigenvalue weighted by atomic mass is 35.5. The van der Waals surface area contributed by atoms with Crippen molar-refractivity contribution < 1.29 is 22.7 Å². The third-order valence-corrected chi connectivity index (χ3v) is 4.38. The van der Waals surface area contributed by atoms with Crippen molar-refractivity contribution in [1.82, 2.24) is 9.78 Å². The zero-order valence-electron chi connectivity index (χ0n) is 14.5. The summed E-state index contributed by atoms with van der Waals surface area (Å²) in [5, 5.41) is 16.8. The van der Waals surface area contributed by atoms with Crippen LogP contribution in [0.1, 0.15) is 18.2 Å². The first-order chi connectivity index (χ1) is 13.1. The van der Waals surface area contributed by atoms with Crippen LogP contribution in [0.4, 0.5) is 18.9 Å². The minimum Gasteiger partial charge on any atom is -0.466 e. The number of nitrogens with zero attached hydrogens (tertiary/aromatic N) is 2. The number of alkyl halides is 3. The van der Waals surface area contributed by atoms with Crippen LogP contribution in [0.15, 0.2) is 58.1 Å². The molecule has 2 N–H and O–H groups in total. The number of furan rings is 1. The third-order valence-electron chi connectivity index (χ3n) is 4.01. The smallest absolute Gasteiger partial charge is 0.416 e. The molecule has 3 aromatic rings. The van der Waals surface area contributed by atoms with E-state index in [0.29, 0.717) is 5.76 Å². The summed E-state index contributed by atoms with van der Waals surface area (Å²) >= 11 is 6.07. The molecule has 0 aliphatic heterocycles. The van der Waals surface area contributed by atoms with Gasteiger partial charge in [-0.05, 0) is 37.3 Å². The average Bonchev–Trinajstić information content (AvgIpc) is 3.18. The van der Waals surface area contributed by atoms with Gasteiger partial charge in [0.05, 0.1) is 35.9 Å². The average molecular weight is 414 g/mol. The van der Waals surface area contributed by atoms with Crippen LogP contribution in [0, 0.1) is 0 Å². The van der Waals surface area contributed by atoms with E-state index in [1.54, 1.807) is 12.1 Å². The molecular formula is C18H15ClF3N3O3. The highest BCUT2D eigenvalue weighted by molar-refractivity contribution is 6.32. The first-order valence-corrected chi connectivity index (χ1v) is 8.43. The fourth-order valence-electron chi connectivity index (χ4n) is 2.49. The summed E-state index contributed by atoms with van der Waals surface area (Å²) in [7, 11) is 0. The summed E-state index contributed by atoms with van der Waals surface area (Å²) in [5.41, 5.74) is -3.05. The monoisotopic (exact) mass is 413 g/mol. The van der Waals surface area contributed by atoms with Gasteiger partial charge < -0.3 is 14.8 Å². The van der Waals surface area contributed by atoms with E-state index in [1.807, 2.05) is 0 Å². The van der Waals surface area contributed by atoms with E-state index in [0.717, 1.165) is 16.8 Å². The second kappa shape index (κ2) is 7.33. The van der Waals surface area contributed by atoms with E-state index < -0.39 is 22.9 Å². The minimum atomic E-state index is -4.55. The Balaban J connectivity index is 1.87. The number of aliphatic hydroxyl groups is 1. The molecule has 0 fully saturated rings. The van der Waals surface area contributed by atoms with Gasteiger partial charge in [-0.25, -0.2) is 0 Å². The molecule has 0 amide bonds. The van der Waals surface area contributed by atoms with Crippen LogP contribution < -0.4 is 10.9 Å². The van der Waals surface area contributed by atoms with E-state index in [1.165, 1.54) is 31.5 Å². The summed E-state index contributed by atoms with van der Waals surface area (Å²) in [4.78, 5) is 12.5. The Bertz CT molecular complexity index is 1030. The number of hydrogen-bond acceptors (Lipinski definition) is 5. The number of benzene rings is 1. The maximum atomic E-state index is 12.9. The van der Waals surface area contributed by atoms with Crippen LogP contribution in [0.5, 0.6) is 0 Å². The molecule has 2 aromatic heterocycles. The molecule has 2 heterocycles. The molecule has 0 radical (unpaired) electrons. The molecule has 10 heteroatoms. The Labute approximate surface area is 162 Å². The maximum absolute atomic E-state index is 12.9. The fourth-order valence-corrected chi connectivity index (χ4v) is 2.69. The molecule has 28 heavy (non-hydrogen) atoms. The number of hydrogen-bond donors (Lipinski definition) is 2. The lowest BCUT2D eigenvalue weighted by Gasteiger charge is -2.22. The predicted octanol–water partition coefficient (Wildman–Crippen LogP) is 3.82. The van der Waals surface area contributed by atoms with E-state index in [9.17, 15) is 23.1 Å². The third kappa shape index (κ3) is 4.05. The van der Waals surface area contributed by atoms with E-state index >= 15 is 0 Å². The lowest BCUT2D eigenvalue weighted by atomic mass is 10.0. The van der Waals surface area contributed by atoms with Gasteiger partial charge in [-0.1, -0.05) is 17.7 Å². The van der Waals surface area contributed by atoms with Gasteiger partial charge in [0.2, 0.25) is 0 Å². The van der Waals surface area contributed by atoms with Gasteiger partial charge in [0.1, 0.15) is 16.4 Å². The topological polar surface area (TPSA) is 80.3 Å². The van der Waals surface area contributed by atoms with Crippen LogP contribution in [0.25, 0.3) is 5.69 Å². The minimum absolute atomic E-state index is 0.0467. The van der Waals surface area contributed by atoms with Crippen molar-refractivity contribution in [2.24, 2.45) is 0 Å². The summed E-state index contributed by atoms with van der Waals surface area (Å²) < 4.78 is 44.6. The van der Waals surface area contributed by atoms with Crippen LogP contribution in [0.3, 0.4) is 0 Å². The fraction of sp³-hybridized carbons (Fsp3) is 0.222. The Morgan fingerprint density at radius 1 is 1.29 bits per heavy atom. The van der Waals surface area contributed by atoms with Crippen molar-refractivity contribution in [3.05, 3.63) is 75.6 Å². The highest BCUT2D eigenvalue weighted by Crippen LogP contribution is 2.30. The predicted molar refractivity (Wildman–Crippen MR) is 96.6 cm³/mol. The SMILES string of the molecule is CC(O)(CNc1cnn(-c2cccc(C(F)(F)F)c2)c(=O)c1Cl)c1ccco1. The summed E-state index contributed by atoms with van der Waals surface area (Å²) in [6.45, 7) is 1.46. The molecule has 0 spiro atoms. The number of aromatic nitrogens is 2. The molecule has 1 unspecified atom stereocenters. The van der Waals surface area contributed by atoms with Crippen molar-refractivity contribution in [3.8, 4) is 5.69 Å². The van der Waals surface area contributed by atoms with Crippen LogP contribution in [0.2, 0.25) is 5.02 Å². The Kier molecular flexibility index (Phi) is 5.22. The molecule has 6 nitrogen and oxygen atoms in total. The molecular weight excluding hydrogens is 399 g/mol. The Hall–Kier alpha value is -2.78. The summed E-state index contributed by atoms with van der Waals surface area (Å²) in [6.07, 6.45) is -1.95. The van der Waals surface area contributed by atoms with E-state index in [2.05, 4.69) is 10.4 Å². The second-order valence-electron chi connectivity index (χ2n) is 6.24. The number of rotatable bonds is 5. The summed E-state index contributed by atoms with van der Waals surface area (Å²) in [5.74, 6) is 0.307. The lowest BCUT2D eigenvalue weighted by molar-refractivity contribution is -0.137. The normalized spacial score (nSPS) is 13.9. The zero-order chi connectivity index (χ0) is 20.5. The Morgan fingerprint density at radius 2 is 2.04 bits per heavy atom. The maximum Gasteiger partial charge on any atom is 0.416 e. The van der Waals surface area contributed by atoms with Crippen molar-refractivity contribution in [2.75, 3.05) is 11.9 Å². The number of anilines is 1. The first-order valence-electron chi connectivity index (χ1n) is 8.05. The van der Waals surface area contributed by atoms with Crippen molar-refractivity contribution in [1.29, 1.82) is 0 Å². The first kappa shape index (κ1) is 20.0. The number of nitrogens with one attached hydrogen (secondary N) is 1. The number of halogens is 4. The molecule has 1 aromatic carbocycles. The van der Waals surface area contributed by atoms with Gasteiger partial charge in [-0.2, -0.15) is 23.0 Å². The lowest BCUT2D eigenvalue weighted by Crippen LogP contribution is -2.31. The molecule has 1 atom stereocenters. The molecule has 0 bridgehead atoms. The van der Waals surface area contributed by atoms with Gasteiger partial charge >= 0.3 is 6.18 Å². The highest BCUT2D eigenvalue weighted by Gasteiger charge is 2.31. The quantitative estimate of drug-likeness (QED) is 0.664. The molecule has 3 rings (SSSR count). The van der Waals surface area contributed by atoms with Crippen molar-refractivity contribution in [3.63, 3.8) is 0 Å². The summed E-state index contributed by atoms with van der Waals surface area (Å²) in [6, 6.07) is 7.39. The van der Waals surface area contributed by atoms with E-state index in [4.69, 9.17) is 16.0 Å². The Morgan fingerprint density at radius 3 is 2.68 bits per heavy atom. The molecule has 0 saturated carbocycles. The van der Waals surface area contributed by atoms with Gasteiger partial charge in [0.15, 0.2) is 0 Å². The van der Waals surface area contributed by atoms with Gasteiger partial charge in [0.25, 0.3) is 5.56 Å². The van der Waals surface area contributed by atoms with Crippen molar-refractivity contribution >= 4 is 17.3 Å². The second-order valence-corrected chi connectivity index (χ2v) is 6.62. The van der Waals surface area contributed by atoms with Gasteiger partial charge in [0, 0.05) is 0 Å². The standard InChI is InChI=1S/C18H15ClF3N3O3/c1-17(27,14-6-3-7-28-14)10-23-13-9-24-25(16(26)15(13)19)12-5-2-4-11(8-12)18(20,21)22/h2-9,23,27H,10H2,1H3. The zero-order valence-corrected chi connectivity index (χ0v) is 15.3. The van der Waals surface area contributed by atoms with Crippen molar-refractivity contribution in [2.45, 2.75) is 18.7 Å². The van der Waals surface area contributed by atoms with Crippen LogP contribution in [-0.4, -0.2) is 21.4 Å². The molecule has 0 aliphatic carbocycles. The van der Waals surface area contributed by atoms with Gasteiger partial charge in [-0.15, -0.1) is 0 Å². The largest absolute Gasteiger partial charge is 0.466 e. The molecule has 148 valence electrons. The molecule has 0 saturated heterocycles. The van der Waals surface area contributed by atoms with Crippen LogP contribution in [-0.2, 0) is 11.8 Å². The van der Waals surface area contributed by atoms with E-state index in [-0.39, 0.29) is 22.9 Å². The molecule has 0 aliphatic rings. The van der Waals surface area contributed by atoms with Crippen LogP contribution >= 0.6 is 11.6 Å². The van der Waals surface area contributed by atoms with Gasteiger partial charge in [-0.3, -0.25) is 4.79 Å².